The highest BCUT2D eigenvalue weighted by atomic mass is 15.1. The van der Waals surface area contributed by atoms with Crippen LogP contribution in [0.4, 0.5) is 17.1 Å². The molecule has 0 saturated heterocycles. The summed E-state index contributed by atoms with van der Waals surface area (Å²) in [6, 6.07) is 92.1. The first-order valence-corrected chi connectivity index (χ1v) is 24.9. The van der Waals surface area contributed by atoms with Crippen molar-refractivity contribution in [2.24, 2.45) is 0 Å². The number of hydrogen-bond donors (Lipinski definition) is 2. The van der Waals surface area contributed by atoms with Gasteiger partial charge in [0.15, 0.2) is 0 Å². The van der Waals surface area contributed by atoms with Gasteiger partial charge in [0.25, 0.3) is 0 Å². The van der Waals surface area contributed by atoms with Crippen LogP contribution in [-0.2, 0) is 10.8 Å². The molecule has 13 rings (SSSR count). The zero-order valence-corrected chi connectivity index (χ0v) is 40.3. The molecular formula is C69H51N3. The summed E-state index contributed by atoms with van der Waals surface area (Å²) in [5.41, 5.74) is 23.1. The molecule has 1 heterocycles. The van der Waals surface area contributed by atoms with Crippen molar-refractivity contribution in [2.45, 2.75) is 24.7 Å². The second kappa shape index (κ2) is 17.1. The fourth-order valence-corrected chi connectivity index (χ4v) is 12.1. The van der Waals surface area contributed by atoms with Crippen LogP contribution in [0.2, 0.25) is 0 Å². The summed E-state index contributed by atoms with van der Waals surface area (Å²) in [7, 11) is 0. The smallest absolute Gasteiger partial charge is 0.0714 e. The molecule has 10 aromatic carbocycles. The van der Waals surface area contributed by atoms with Gasteiger partial charge < -0.3 is 10.2 Å². The van der Waals surface area contributed by atoms with E-state index < -0.39 is 5.41 Å². The van der Waals surface area contributed by atoms with Crippen molar-refractivity contribution >= 4 is 45.8 Å². The van der Waals surface area contributed by atoms with Crippen LogP contribution in [-0.4, -0.2) is 5.71 Å². The highest BCUT2D eigenvalue weighted by molar-refractivity contribution is 6.36. The molecule has 0 amide bonds. The van der Waals surface area contributed by atoms with E-state index in [1.54, 1.807) is 0 Å². The maximum Gasteiger partial charge on any atom is 0.0714 e. The number of nitrogens with zero attached hydrogens (tertiary/aromatic N) is 1. The van der Waals surface area contributed by atoms with Crippen LogP contribution in [0.5, 0.6) is 0 Å². The molecular weight excluding hydrogens is 871 g/mol. The van der Waals surface area contributed by atoms with Crippen molar-refractivity contribution < 1.29 is 0 Å². The first kappa shape index (κ1) is 43.0. The van der Waals surface area contributed by atoms with Gasteiger partial charge in [-0.15, -0.1) is 0 Å². The minimum atomic E-state index is -0.583. The Morgan fingerprint density at radius 3 is 1.64 bits per heavy atom. The predicted molar refractivity (Wildman–Crippen MR) is 300 cm³/mol. The molecule has 3 nitrogen and oxygen atoms in total. The Labute approximate surface area is 422 Å². The lowest BCUT2D eigenvalue weighted by molar-refractivity contribution is 0.660. The fraction of sp³-hybridized carbons (Fsp3) is 0.0580. The topological polar surface area (TPSA) is 39.1 Å². The van der Waals surface area contributed by atoms with Crippen LogP contribution < -0.4 is 10.2 Å². The van der Waals surface area contributed by atoms with Crippen LogP contribution in [0, 0.1) is 5.41 Å². The van der Waals surface area contributed by atoms with Crippen molar-refractivity contribution in [3.05, 3.63) is 316 Å². The molecule has 0 fully saturated rings. The average molecular weight is 922 g/mol. The molecule has 0 aromatic heterocycles. The summed E-state index contributed by atoms with van der Waals surface area (Å²) in [5.74, 6) is 0. The molecule has 3 heteroatoms. The Morgan fingerprint density at radius 1 is 0.431 bits per heavy atom. The van der Waals surface area contributed by atoms with E-state index >= 15 is 0 Å². The zero-order chi connectivity index (χ0) is 48.4. The van der Waals surface area contributed by atoms with Gasteiger partial charge in [0.1, 0.15) is 0 Å². The summed E-state index contributed by atoms with van der Waals surface area (Å²) in [5, 5.41) is 14.0. The molecule has 342 valence electrons. The molecule has 1 aliphatic heterocycles. The van der Waals surface area contributed by atoms with E-state index in [2.05, 4.69) is 249 Å². The molecule has 2 aliphatic carbocycles. The third-order valence-electron chi connectivity index (χ3n) is 15.4. The Bertz CT molecular complexity index is 3760. The standard InChI is InChI=1S/C69H51N3/c1-68(2)58-35-20-19-34-56(58)65-60(68)37-22-38-63(65)72(53-41-42-55-54-33-18-21-36-59(54)69(61(55)45-53,50-29-14-6-15-30-50)51-31-16-7-17-32-51)52-40-39-49-43-62(46-23-8-3-9-24-46)71-67(57(49)44-52)64(47-25-10-4-11-26-47)66(70)48-27-12-5-13-28-48/h3-45,70-71H,1-2H3/b67-64-,70-66?. The van der Waals surface area contributed by atoms with Crippen LogP contribution in [0.15, 0.2) is 255 Å². The maximum atomic E-state index is 10.0. The van der Waals surface area contributed by atoms with Crippen molar-refractivity contribution in [1.29, 1.82) is 5.41 Å². The molecule has 0 saturated carbocycles. The van der Waals surface area contributed by atoms with Crippen LogP contribution in [0.3, 0.4) is 0 Å². The van der Waals surface area contributed by atoms with E-state index in [4.69, 9.17) is 0 Å². The summed E-state index contributed by atoms with van der Waals surface area (Å²) in [6.07, 6.45) is 2.26. The Balaban J connectivity index is 1.11. The monoisotopic (exact) mass is 921 g/mol. The molecule has 0 unspecified atom stereocenters. The number of rotatable bonds is 9. The number of anilines is 3. The van der Waals surface area contributed by atoms with E-state index in [1.165, 1.54) is 55.6 Å². The van der Waals surface area contributed by atoms with E-state index in [-0.39, 0.29) is 5.41 Å². The van der Waals surface area contributed by atoms with E-state index in [9.17, 15) is 5.41 Å². The van der Waals surface area contributed by atoms with Gasteiger partial charge in [-0.25, -0.2) is 0 Å². The number of nitrogens with one attached hydrogen (secondary N) is 2. The minimum Gasteiger partial charge on any atom is -0.354 e. The van der Waals surface area contributed by atoms with Gasteiger partial charge in [-0.1, -0.05) is 238 Å². The van der Waals surface area contributed by atoms with Crippen molar-refractivity contribution in [2.75, 3.05) is 4.90 Å². The van der Waals surface area contributed by atoms with Crippen molar-refractivity contribution in [3.63, 3.8) is 0 Å². The van der Waals surface area contributed by atoms with Crippen LogP contribution >= 0.6 is 0 Å². The van der Waals surface area contributed by atoms with E-state index in [1.807, 2.05) is 36.4 Å². The normalized spacial score (nSPS) is 14.9. The zero-order valence-electron chi connectivity index (χ0n) is 40.3. The maximum absolute atomic E-state index is 10.0. The summed E-state index contributed by atoms with van der Waals surface area (Å²) in [6.45, 7) is 4.72. The summed E-state index contributed by atoms with van der Waals surface area (Å²) in [4.78, 5) is 2.50. The summed E-state index contributed by atoms with van der Waals surface area (Å²) >= 11 is 0. The van der Waals surface area contributed by atoms with Gasteiger partial charge in [-0.2, -0.15) is 0 Å². The fourth-order valence-electron chi connectivity index (χ4n) is 12.1. The lowest BCUT2D eigenvalue weighted by atomic mass is 9.67. The van der Waals surface area contributed by atoms with Crippen molar-refractivity contribution in [1.82, 2.24) is 5.32 Å². The second-order valence-electron chi connectivity index (χ2n) is 19.6. The average Bonchev–Trinajstić information content (AvgIpc) is 3.87. The first-order chi connectivity index (χ1) is 35.4. The van der Waals surface area contributed by atoms with E-state index in [0.717, 1.165) is 61.8 Å². The van der Waals surface area contributed by atoms with Gasteiger partial charge in [0.05, 0.1) is 22.5 Å². The van der Waals surface area contributed by atoms with Crippen molar-refractivity contribution in [3.8, 4) is 22.3 Å². The molecule has 0 bridgehead atoms. The number of allylic oxidation sites excluding steroid dienone is 1. The molecule has 0 radical (unpaired) electrons. The third kappa shape index (κ3) is 6.69. The third-order valence-corrected chi connectivity index (χ3v) is 15.4. The second-order valence-corrected chi connectivity index (χ2v) is 19.6. The first-order valence-electron chi connectivity index (χ1n) is 24.9. The molecule has 10 aromatic rings. The van der Waals surface area contributed by atoms with Gasteiger partial charge in [0.2, 0.25) is 0 Å². The predicted octanol–water partition coefficient (Wildman–Crippen LogP) is 16.9. The van der Waals surface area contributed by atoms with Crippen LogP contribution in [0.1, 0.15) is 75.0 Å². The molecule has 3 aliphatic rings. The number of fused-ring (bicyclic) bond motifs is 7. The molecule has 72 heavy (non-hydrogen) atoms. The number of benzene rings is 10. The largest absolute Gasteiger partial charge is 0.354 e. The lowest BCUT2D eigenvalue weighted by Gasteiger charge is -2.35. The highest BCUT2D eigenvalue weighted by Crippen LogP contribution is 2.59. The molecule has 2 N–H and O–H groups in total. The van der Waals surface area contributed by atoms with Crippen LogP contribution in [0.25, 0.3) is 45.3 Å². The molecule has 0 spiro atoms. The minimum absolute atomic E-state index is 0.209. The Morgan fingerprint density at radius 2 is 0.958 bits per heavy atom. The SMILES string of the molecule is CC1(C)c2ccccc2-c2c(N(c3ccc4c(c3)/C(=C(/C(=N)c3ccccc3)c3ccccc3)NC(c3ccccc3)=C4)c3ccc4c(c3)C(c3ccccc3)(c3ccccc3)c3ccccc3-4)cccc21. The number of hydrogen-bond acceptors (Lipinski definition) is 3. The van der Waals surface area contributed by atoms with Gasteiger partial charge >= 0.3 is 0 Å². The lowest BCUT2D eigenvalue weighted by Crippen LogP contribution is -2.28. The Kier molecular flexibility index (Phi) is 10.2. The van der Waals surface area contributed by atoms with Gasteiger partial charge in [-0.05, 0) is 103 Å². The molecule has 0 atom stereocenters. The quantitative estimate of drug-likeness (QED) is 0.142. The summed E-state index contributed by atoms with van der Waals surface area (Å²) < 4.78 is 0. The van der Waals surface area contributed by atoms with Gasteiger partial charge in [0, 0.05) is 44.8 Å². The highest BCUT2D eigenvalue weighted by Gasteiger charge is 2.47. The van der Waals surface area contributed by atoms with Gasteiger partial charge in [-0.3, -0.25) is 5.41 Å². The van der Waals surface area contributed by atoms with E-state index in [0.29, 0.717) is 5.71 Å². The Hall–Kier alpha value is -9.05.